The Morgan fingerprint density at radius 2 is 2.03 bits per heavy atom. The topological polar surface area (TPSA) is 51.7 Å². The molecule has 1 amide bonds. The number of hydrogen-bond acceptors (Lipinski definition) is 6. The fourth-order valence-electron chi connectivity index (χ4n) is 3.20. The van der Waals surface area contributed by atoms with Crippen LogP contribution in [-0.2, 0) is 11.4 Å². The monoisotopic (exact) mass is 574 g/mol. The molecule has 1 aliphatic rings. The first kappa shape index (κ1) is 22.8. The third-order valence-corrected chi connectivity index (χ3v) is 6.80. The summed E-state index contributed by atoms with van der Waals surface area (Å²) in [6.45, 7) is 2.32. The smallest absolute Gasteiger partial charge is 0.270 e. The number of carbonyl (C=O) groups excluding carboxylic acids is 1. The second-order valence-electron chi connectivity index (χ2n) is 7.00. The van der Waals surface area contributed by atoms with E-state index in [1.54, 1.807) is 18.2 Å². The lowest BCUT2D eigenvalue weighted by Crippen LogP contribution is -2.27. The van der Waals surface area contributed by atoms with Crippen molar-refractivity contribution < 1.29 is 14.3 Å². The SMILES string of the molecule is COc1cc(/C=C2/SC(=S)N(c3cccc(C)c3)C2=O)cc(I)c1OCc1ccccn1. The molecular weight excluding hydrogens is 555 g/mol. The molecule has 2 heterocycles. The second-order valence-corrected chi connectivity index (χ2v) is 9.84. The highest BCUT2D eigenvalue weighted by molar-refractivity contribution is 14.1. The van der Waals surface area contributed by atoms with Crippen molar-refractivity contribution in [2.45, 2.75) is 13.5 Å². The summed E-state index contributed by atoms with van der Waals surface area (Å²) in [5.74, 6) is 1.10. The lowest BCUT2D eigenvalue weighted by Gasteiger charge is -2.15. The number of anilines is 1. The molecule has 8 heteroatoms. The van der Waals surface area contributed by atoms with Gasteiger partial charge in [0.15, 0.2) is 15.8 Å². The maximum absolute atomic E-state index is 13.1. The molecule has 0 N–H and O–H groups in total. The average molecular weight is 574 g/mol. The number of aryl methyl sites for hydroxylation is 1. The molecule has 0 saturated carbocycles. The van der Waals surface area contributed by atoms with Crippen LogP contribution in [0.15, 0.2) is 65.7 Å². The molecule has 3 aromatic rings. The Kier molecular flexibility index (Phi) is 7.12. The molecule has 5 nitrogen and oxygen atoms in total. The molecule has 1 saturated heterocycles. The molecule has 32 heavy (non-hydrogen) atoms. The number of pyridine rings is 1. The van der Waals surface area contributed by atoms with E-state index in [2.05, 4.69) is 27.6 Å². The zero-order valence-corrected chi connectivity index (χ0v) is 21.2. The Morgan fingerprint density at radius 3 is 2.75 bits per heavy atom. The van der Waals surface area contributed by atoms with E-state index < -0.39 is 0 Å². The number of thioether (sulfide) groups is 1. The van der Waals surface area contributed by atoms with Crippen LogP contribution in [0.5, 0.6) is 11.5 Å². The number of aromatic nitrogens is 1. The van der Waals surface area contributed by atoms with Crippen molar-refractivity contribution in [3.63, 3.8) is 0 Å². The number of rotatable bonds is 6. The number of halogens is 1. The Hall–Kier alpha value is -2.43. The fourth-order valence-corrected chi connectivity index (χ4v) is 5.28. The van der Waals surface area contributed by atoms with Gasteiger partial charge in [-0.05, 0) is 83.1 Å². The summed E-state index contributed by atoms with van der Waals surface area (Å²) in [4.78, 5) is 19.5. The van der Waals surface area contributed by atoms with Crippen LogP contribution in [0.3, 0.4) is 0 Å². The lowest BCUT2D eigenvalue weighted by molar-refractivity contribution is -0.113. The predicted octanol–water partition coefficient (Wildman–Crippen LogP) is 5.99. The minimum absolute atomic E-state index is 0.130. The largest absolute Gasteiger partial charge is 0.493 e. The quantitative estimate of drug-likeness (QED) is 0.205. The van der Waals surface area contributed by atoms with Crippen molar-refractivity contribution >= 4 is 68.6 Å². The van der Waals surface area contributed by atoms with E-state index in [1.807, 2.05) is 67.6 Å². The normalized spacial score (nSPS) is 14.8. The van der Waals surface area contributed by atoms with Gasteiger partial charge in [0, 0.05) is 6.20 Å². The van der Waals surface area contributed by atoms with Crippen LogP contribution >= 0.6 is 46.6 Å². The van der Waals surface area contributed by atoms with Gasteiger partial charge in [-0.25, -0.2) is 0 Å². The fraction of sp³-hybridized carbons (Fsp3) is 0.125. The number of hydrogen-bond donors (Lipinski definition) is 0. The van der Waals surface area contributed by atoms with Crippen molar-refractivity contribution in [2.24, 2.45) is 0 Å². The van der Waals surface area contributed by atoms with Crippen LogP contribution in [0.2, 0.25) is 0 Å². The van der Waals surface area contributed by atoms with E-state index in [-0.39, 0.29) is 5.91 Å². The van der Waals surface area contributed by atoms with Crippen molar-refractivity contribution in [2.75, 3.05) is 12.0 Å². The standard InChI is InChI=1S/C24H19IN2O3S2/c1-15-6-5-8-18(10-15)27-23(28)21(32-24(27)31)13-16-11-19(25)22(20(12-16)29-2)30-14-17-7-3-4-9-26-17/h3-13H,14H2,1-2H3/b21-13+. The summed E-state index contributed by atoms with van der Waals surface area (Å²) in [7, 11) is 1.60. The minimum atomic E-state index is -0.130. The van der Waals surface area contributed by atoms with Crippen LogP contribution in [0.25, 0.3) is 6.08 Å². The van der Waals surface area contributed by atoms with Crippen molar-refractivity contribution in [1.29, 1.82) is 0 Å². The van der Waals surface area contributed by atoms with E-state index in [0.717, 1.165) is 26.1 Å². The van der Waals surface area contributed by atoms with Crippen LogP contribution in [0, 0.1) is 10.5 Å². The van der Waals surface area contributed by atoms with Gasteiger partial charge >= 0.3 is 0 Å². The maximum atomic E-state index is 13.1. The minimum Gasteiger partial charge on any atom is -0.493 e. The molecular formula is C24H19IN2O3S2. The zero-order chi connectivity index (χ0) is 22.7. The number of ether oxygens (including phenoxy) is 2. The van der Waals surface area contributed by atoms with Crippen LogP contribution in [-0.4, -0.2) is 22.3 Å². The Labute approximate surface area is 210 Å². The van der Waals surface area contributed by atoms with E-state index in [9.17, 15) is 4.79 Å². The highest BCUT2D eigenvalue weighted by Gasteiger charge is 2.33. The maximum Gasteiger partial charge on any atom is 0.270 e. The van der Waals surface area contributed by atoms with E-state index in [1.165, 1.54) is 11.8 Å². The molecule has 0 atom stereocenters. The van der Waals surface area contributed by atoms with Crippen LogP contribution in [0.4, 0.5) is 5.69 Å². The molecule has 1 aliphatic heterocycles. The van der Waals surface area contributed by atoms with Crippen LogP contribution < -0.4 is 14.4 Å². The Bertz CT molecular complexity index is 1220. The van der Waals surface area contributed by atoms with Gasteiger partial charge in [0.1, 0.15) is 6.61 Å². The predicted molar refractivity (Wildman–Crippen MR) is 141 cm³/mol. The summed E-state index contributed by atoms with van der Waals surface area (Å²) < 4.78 is 12.9. The zero-order valence-electron chi connectivity index (χ0n) is 17.4. The number of thiocarbonyl (C=S) groups is 1. The molecule has 2 aromatic carbocycles. The van der Waals surface area contributed by atoms with Crippen LogP contribution in [0.1, 0.15) is 16.8 Å². The van der Waals surface area contributed by atoms with E-state index in [4.69, 9.17) is 21.7 Å². The molecule has 4 rings (SSSR count). The van der Waals surface area contributed by atoms with E-state index >= 15 is 0 Å². The first-order valence-corrected chi connectivity index (χ1v) is 12.0. The Balaban J connectivity index is 1.59. The summed E-state index contributed by atoms with van der Waals surface area (Å²) in [6, 6.07) is 17.3. The van der Waals surface area contributed by atoms with Gasteiger partial charge in [0.2, 0.25) is 0 Å². The van der Waals surface area contributed by atoms with Gasteiger partial charge < -0.3 is 9.47 Å². The number of carbonyl (C=O) groups is 1. The summed E-state index contributed by atoms with van der Waals surface area (Å²) in [5.41, 5.74) is 3.51. The first-order chi connectivity index (χ1) is 15.5. The molecule has 0 unspecified atom stereocenters. The molecule has 0 radical (unpaired) electrons. The summed E-state index contributed by atoms with van der Waals surface area (Å²) in [5, 5.41) is 0. The number of nitrogens with zero attached hydrogens (tertiary/aromatic N) is 2. The van der Waals surface area contributed by atoms with Crippen molar-refractivity contribution in [3.8, 4) is 11.5 Å². The number of amides is 1. The highest BCUT2D eigenvalue weighted by Crippen LogP contribution is 2.39. The van der Waals surface area contributed by atoms with Gasteiger partial charge in [-0.1, -0.05) is 42.2 Å². The van der Waals surface area contributed by atoms with Gasteiger partial charge in [-0.2, -0.15) is 0 Å². The highest BCUT2D eigenvalue weighted by atomic mass is 127. The third-order valence-electron chi connectivity index (χ3n) is 4.69. The molecule has 1 aromatic heterocycles. The third kappa shape index (κ3) is 4.97. The molecule has 1 fully saturated rings. The van der Waals surface area contributed by atoms with Crippen molar-refractivity contribution in [3.05, 3.63) is 86.1 Å². The molecule has 162 valence electrons. The number of methoxy groups -OCH3 is 1. The van der Waals surface area contributed by atoms with Gasteiger partial charge in [0.25, 0.3) is 5.91 Å². The molecule has 0 spiro atoms. The molecule has 0 bridgehead atoms. The summed E-state index contributed by atoms with van der Waals surface area (Å²) in [6.07, 6.45) is 3.57. The lowest BCUT2D eigenvalue weighted by atomic mass is 10.1. The Morgan fingerprint density at radius 1 is 1.19 bits per heavy atom. The van der Waals surface area contributed by atoms with Gasteiger partial charge in [-0.15, -0.1) is 0 Å². The van der Waals surface area contributed by atoms with Crippen molar-refractivity contribution in [1.82, 2.24) is 4.98 Å². The van der Waals surface area contributed by atoms with Gasteiger partial charge in [0.05, 0.1) is 27.0 Å². The second kappa shape index (κ2) is 10.0. The van der Waals surface area contributed by atoms with Gasteiger partial charge in [-0.3, -0.25) is 14.7 Å². The summed E-state index contributed by atoms with van der Waals surface area (Å²) >= 11 is 8.99. The molecule has 0 aliphatic carbocycles. The van der Waals surface area contributed by atoms with E-state index in [0.29, 0.717) is 27.3 Å². The number of benzene rings is 2. The first-order valence-electron chi connectivity index (χ1n) is 9.71. The average Bonchev–Trinajstić information content (AvgIpc) is 3.06.